The highest BCUT2D eigenvalue weighted by atomic mass is 16.3. The molecule has 1 aliphatic carbocycles. The topological polar surface area (TPSA) is 32.3 Å². The van der Waals surface area contributed by atoms with Crippen LogP contribution in [0.3, 0.4) is 0 Å². The van der Waals surface area contributed by atoms with Gasteiger partial charge in [-0.15, -0.1) is 0 Å². The summed E-state index contributed by atoms with van der Waals surface area (Å²) in [7, 11) is 0. The number of hydrogen-bond acceptors (Lipinski definition) is 2. The average molecular weight is 99.1 g/mol. The third kappa shape index (κ3) is 0.359. The Hall–Kier alpha value is -0.0800. The number of nitrogens with one attached hydrogen (secondary N) is 1. The van der Waals surface area contributed by atoms with Gasteiger partial charge in [0.2, 0.25) is 0 Å². The van der Waals surface area contributed by atoms with Crippen molar-refractivity contribution < 1.29 is 5.11 Å². The summed E-state index contributed by atoms with van der Waals surface area (Å²) in [5.74, 6) is 1.25. The number of hydrogen-bond donors (Lipinski definition) is 2. The van der Waals surface area contributed by atoms with Gasteiger partial charge in [0.05, 0.1) is 6.10 Å². The van der Waals surface area contributed by atoms with E-state index in [2.05, 4.69) is 5.32 Å². The first-order valence-corrected chi connectivity index (χ1v) is 2.78. The molecule has 0 amide bonds. The Morgan fingerprint density at radius 3 is 2.14 bits per heavy atom. The minimum atomic E-state index is 0.0567. The van der Waals surface area contributed by atoms with E-state index in [0.29, 0.717) is 11.8 Å². The molecule has 2 rings (SSSR count). The number of aliphatic hydroxyl groups is 1. The first kappa shape index (κ1) is 3.87. The van der Waals surface area contributed by atoms with E-state index >= 15 is 0 Å². The molecule has 0 spiro atoms. The van der Waals surface area contributed by atoms with Crippen LogP contribution in [0.5, 0.6) is 0 Å². The highest BCUT2D eigenvalue weighted by Crippen LogP contribution is 2.41. The molecule has 0 aromatic rings. The van der Waals surface area contributed by atoms with Gasteiger partial charge in [0.15, 0.2) is 0 Å². The van der Waals surface area contributed by atoms with Crippen LogP contribution in [0, 0.1) is 11.8 Å². The van der Waals surface area contributed by atoms with Gasteiger partial charge >= 0.3 is 0 Å². The molecular formula is C5H9NO. The summed E-state index contributed by atoms with van der Waals surface area (Å²) in [6.07, 6.45) is 0.0567. The Labute approximate surface area is 42.5 Å². The van der Waals surface area contributed by atoms with Crippen LogP contribution in [-0.4, -0.2) is 24.3 Å². The smallest absolute Gasteiger partial charge is 0.0629 e. The van der Waals surface area contributed by atoms with Crippen LogP contribution in [0.15, 0.2) is 0 Å². The third-order valence-electron chi connectivity index (χ3n) is 2.05. The van der Waals surface area contributed by atoms with Crippen LogP contribution in [0.4, 0.5) is 0 Å². The molecular weight excluding hydrogens is 90.1 g/mol. The third-order valence-corrected chi connectivity index (χ3v) is 2.05. The summed E-state index contributed by atoms with van der Waals surface area (Å²) in [4.78, 5) is 0. The van der Waals surface area contributed by atoms with Crippen molar-refractivity contribution in [3.63, 3.8) is 0 Å². The van der Waals surface area contributed by atoms with E-state index in [1.807, 2.05) is 0 Å². The van der Waals surface area contributed by atoms with E-state index in [1.54, 1.807) is 0 Å². The van der Waals surface area contributed by atoms with Crippen molar-refractivity contribution >= 4 is 0 Å². The quantitative estimate of drug-likeness (QED) is 0.416. The average Bonchev–Trinajstić information content (AvgIpc) is 2.26. The predicted octanol–water partition coefficient (Wildman–Crippen LogP) is -0.804. The second-order valence-electron chi connectivity index (χ2n) is 2.48. The first-order chi connectivity index (χ1) is 3.39. The van der Waals surface area contributed by atoms with E-state index in [9.17, 15) is 0 Å². The first-order valence-electron chi connectivity index (χ1n) is 2.78. The Morgan fingerprint density at radius 1 is 1.29 bits per heavy atom. The monoisotopic (exact) mass is 99.1 g/mol. The summed E-state index contributed by atoms with van der Waals surface area (Å²) in [6, 6.07) is 0. The molecule has 1 heterocycles. The second kappa shape index (κ2) is 1.01. The normalized spacial score (nSPS) is 57.0. The molecule has 1 saturated carbocycles. The lowest BCUT2D eigenvalue weighted by molar-refractivity contribution is 0.237. The zero-order valence-corrected chi connectivity index (χ0v) is 4.09. The van der Waals surface area contributed by atoms with Crippen molar-refractivity contribution in [3.8, 4) is 0 Å². The van der Waals surface area contributed by atoms with Gasteiger partial charge < -0.3 is 10.4 Å². The van der Waals surface area contributed by atoms with Crippen molar-refractivity contribution in [2.45, 2.75) is 6.10 Å². The molecule has 0 radical (unpaired) electrons. The summed E-state index contributed by atoms with van der Waals surface area (Å²) in [6.45, 7) is 2.09. The fourth-order valence-electron chi connectivity index (χ4n) is 1.39. The van der Waals surface area contributed by atoms with Crippen molar-refractivity contribution in [2.75, 3.05) is 13.1 Å². The van der Waals surface area contributed by atoms with Crippen molar-refractivity contribution in [2.24, 2.45) is 11.8 Å². The number of piperidine rings is 1. The lowest BCUT2D eigenvalue weighted by Gasteiger charge is -1.93. The molecule has 0 aromatic heterocycles. The van der Waals surface area contributed by atoms with Crippen molar-refractivity contribution in [1.29, 1.82) is 0 Å². The maximum atomic E-state index is 8.91. The molecule has 0 aromatic carbocycles. The predicted molar refractivity (Wildman–Crippen MR) is 25.9 cm³/mol. The summed E-state index contributed by atoms with van der Waals surface area (Å²) < 4.78 is 0. The Kier molecular flexibility index (Phi) is 0.557. The molecule has 2 aliphatic rings. The van der Waals surface area contributed by atoms with Crippen LogP contribution < -0.4 is 5.32 Å². The van der Waals surface area contributed by atoms with Crippen LogP contribution >= 0.6 is 0 Å². The number of fused-ring (bicyclic) bond motifs is 1. The zero-order valence-electron chi connectivity index (χ0n) is 4.09. The van der Waals surface area contributed by atoms with E-state index < -0.39 is 0 Å². The zero-order chi connectivity index (χ0) is 4.85. The fourth-order valence-corrected chi connectivity index (χ4v) is 1.39. The summed E-state index contributed by atoms with van der Waals surface area (Å²) in [5, 5.41) is 12.1. The lowest BCUT2D eigenvalue weighted by atomic mass is 10.4. The van der Waals surface area contributed by atoms with Crippen molar-refractivity contribution in [1.82, 2.24) is 5.32 Å². The van der Waals surface area contributed by atoms with E-state index in [1.165, 1.54) is 0 Å². The van der Waals surface area contributed by atoms with Gasteiger partial charge in [-0.3, -0.25) is 0 Å². The molecule has 2 atom stereocenters. The lowest BCUT2D eigenvalue weighted by Crippen LogP contribution is -2.16. The SMILES string of the molecule is OC1[C@@H]2CNC[C@@H]12. The van der Waals surface area contributed by atoms with Gasteiger partial charge in [-0.2, -0.15) is 0 Å². The van der Waals surface area contributed by atoms with E-state index in [0.717, 1.165) is 13.1 Å². The second-order valence-corrected chi connectivity index (χ2v) is 2.48. The number of rotatable bonds is 0. The van der Waals surface area contributed by atoms with E-state index in [-0.39, 0.29) is 6.10 Å². The minimum Gasteiger partial charge on any atom is -0.392 e. The standard InChI is InChI=1S/C5H9NO/c7-5-3-1-6-2-4(3)5/h3-7H,1-2H2/t3-,4-/m1/s1. The van der Waals surface area contributed by atoms with Gasteiger partial charge in [-0.25, -0.2) is 0 Å². The highest BCUT2D eigenvalue weighted by Gasteiger charge is 2.51. The molecule has 7 heavy (non-hydrogen) atoms. The molecule has 0 bridgehead atoms. The maximum Gasteiger partial charge on any atom is 0.0629 e. The van der Waals surface area contributed by atoms with Crippen LogP contribution in [0.1, 0.15) is 0 Å². The van der Waals surface area contributed by atoms with Crippen molar-refractivity contribution in [3.05, 3.63) is 0 Å². The van der Waals surface area contributed by atoms with Gasteiger partial charge in [-0.1, -0.05) is 0 Å². The van der Waals surface area contributed by atoms with Gasteiger partial charge in [0.25, 0.3) is 0 Å². The minimum absolute atomic E-state index is 0.0567. The van der Waals surface area contributed by atoms with Gasteiger partial charge in [0.1, 0.15) is 0 Å². The molecule has 2 fully saturated rings. The maximum absolute atomic E-state index is 8.91. The largest absolute Gasteiger partial charge is 0.392 e. The van der Waals surface area contributed by atoms with Gasteiger partial charge in [-0.05, 0) is 0 Å². The van der Waals surface area contributed by atoms with Crippen LogP contribution in [-0.2, 0) is 0 Å². The molecule has 1 aliphatic heterocycles. The Balaban J connectivity index is 2.06. The van der Waals surface area contributed by atoms with E-state index in [4.69, 9.17) is 5.11 Å². The highest BCUT2D eigenvalue weighted by molar-refractivity contribution is 5.04. The van der Waals surface area contributed by atoms with Crippen LogP contribution in [0.25, 0.3) is 0 Å². The summed E-state index contributed by atoms with van der Waals surface area (Å²) in [5.41, 5.74) is 0. The molecule has 1 saturated heterocycles. The Morgan fingerprint density at radius 2 is 1.86 bits per heavy atom. The van der Waals surface area contributed by atoms with Gasteiger partial charge in [0, 0.05) is 24.9 Å². The molecule has 0 unspecified atom stereocenters. The molecule has 2 N–H and O–H groups in total. The summed E-state index contributed by atoms with van der Waals surface area (Å²) >= 11 is 0. The number of aliphatic hydroxyl groups excluding tert-OH is 1. The van der Waals surface area contributed by atoms with Crippen LogP contribution in [0.2, 0.25) is 0 Å². The fraction of sp³-hybridized carbons (Fsp3) is 1.00. The Bertz CT molecular complexity index is 84.1. The molecule has 2 heteroatoms. The molecule has 2 nitrogen and oxygen atoms in total. The molecule has 40 valence electrons.